The van der Waals surface area contributed by atoms with Crippen LogP contribution in [0, 0.1) is 12.7 Å². The number of aromatic amines is 2. The Labute approximate surface area is 193 Å². The van der Waals surface area contributed by atoms with E-state index in [1.807, 2.05) is 36.9 Å². The molecule has 5 aromatic heterocycles. The first-order chi connectivity index (χ1) is 16.5. The number of aryl methyl sites for hydroxylation is 1. The number of benzene rings is 1. The Balaban J connectivity index is 1.50. The summed E-state index contributed by atoms with van der Waals surface area (Å²) >= 11 is 0. The van der Waals surface area contributed by atoms with Gasteiger partial charge in [0, 0.05) is 35.6 Å². The molecule has 34 heavy (non-hydrogen) atoms. The summed E-state index contributed by atoms with van der Waals surface area (Å²) in [5.41, 5.74) is 6.44. The number of methoxy groups -OCH3 is 1. The first-order valence-corrected chi connectivity index (χ1v) is 10.7. The Morgan fingerprint density at radius 3 is 2.62 bits per heavy atom. The lowest BCUT2D eigenvalue weighted by Crippen LogP contribution is -1.95. The largest absolute Gasteiger partial charge is 0.497 e. The van der Waals surface area contributed by atoms with Gasteiger partial charge in [-0.3, -0.25) is 15.1 Å². The fourth-order valence-corrected chi connectivity index (χ4v) is 4.25. The number of aromatic nitrogens is 7. The summed E-state index contributed by atoms with van der Waals surface area (Å²) < 4.78 is 21.4. The van der Waals surface area contributed by atoms with Crippen LogP contribution in [0.5, 0.6) is 5.75 Å². The van der Waals surface area contributed by atoms with Crippen LogP contribution in [-0.4, -0.2) is 41.8 Å². The fraction of sp³-hybridized carbons (Fsp3) is 0.120. The Morgan fingerprint density at radius 1 is 0.941 bits per heavy atom. The van der Waals surface area contributed by atoms with Crippen LogP contribution in [0.25, 0.3) is 55.7 Å². The third kappa shape index (κ3) is 3.13. The second-order valence-electron chi connectivity index (χ2n) is 8.15. The molecule has 0 saturated carbocycles. The summed E-state index contributed by atoms with van der Waals surface area (Å²) in [6.07, 6.45) is 7.07. The standard InChI is InChI=1S/C25H20FN7O/c1-13-28-12-24(33(13)2)20-8-18-23(11-29-20)31-32-25(18)21-7-17-19(9-27-10-22(17)30-21)14-4-15(26)6-16(5-14)34-3/h4-12,30H,1-3H3,(H,31,32). The molecule has 9 heteroatoms. The van der Waals surface area contributed by atoms with Crippen LogP contribution in [0.4, 0.5) is 4.39 Å². The van der Waals surface area contributed by atoms with Crippen molar-refractivity contribution in [3.05, 3.63) is 66.8 Å². The fourth-order valence-electron chi connectivity index (χ4n) is 4.25. The first-order valence-electron chi connectivity index (χ1n) is 10.7. The van der Waals surface area contributed by atoms with Crippen molar-refractivity contribution in [2.24, 2.45) is 7.05 Å². The maximum atomic E-state index is 14.2. The van der Waals surface area contributed by atoms with Crippen LogP contribution >= 0.6 is 0 Å². The number of ether oxygens (including phenoxy) is 1. The van der Waals surface area contributed by atoms with Gasteiger partial charge in [0.1, 0.15) is 23.1 Å². The number of hydrogen-bond acceptors (Lipinski definition) is 5. The monoisotopic (exact) mass is 453 g/mol. The van der Waals surface area contributed by atoms with Gasteiger partial charge in [0.2, 0.25) is 0 Å². The summed E-state index contributed by atoms with van der Waals surface area (Å²) in [5.74, 6) is 0.992. The number of imidazole rings is 1. The highest BCUT2D eigenvalue weighted by Crippen LogP contribution is 2.35. The Bertz CT molecular complexity index is 1690. The molecule has 0 bridgehead atoms. The van der Waals surface area contributed by atoms with Crippen LogP contribution in [0.15, 0.2) is 55.1 Å². The molecule has 0 aliphatic heterocycles. The smallest absolute Gasteiger partial charge is 0.127 e. The van der Waals surface area contributed by atoms with Gasteiger partial charge in [-0.15, -0.1) is 0 Å². The Hall–Kier alpha value is -4.53. The van der Waals surface area contributed by atoms with E-state index in [9.17, 15) is 4.39 Å². The molecule has 168 valence electrons. The SMILES string of the molecule is COc1cc(F)cc(-c2cncc3[nH]c(-c4n[nH]c5cnc(-c6cnc(C)n6C)cc45)cc23)c1. The molecule has 0 unspecified atom stereocenters. The van der Waals surface area contributed by atoms with E-state index >= 15 is 0 Å². The van der Waals surface area contributed by atoms with Gasteiger partial charge in [-0.25, -0.2) is 9.37 Å². The molecule has 0 amide bonds. The topological polar surface area (TPSA) is 97.3 Å². The molecular formula is C25H20FN7O. The maximum absolute atomic E-state index is 14.2. The van der Waals surface area contributed by atoms with Crippen molar-refractivity contribution in [3.63, 3.8) is 0 Å². The van der Waals surface area contributed by atoms with Crippen LogP contribution in [0.3, 0.4) is 0 Å². The average molecular weight is 453 g/mol. The molecule has 8 nitrogen and oxygen atoms in total. The quantitative estimate of drug-likeness (QED) is 0.390. The zero-order valence-electron chi connectivity index (χ0n) is 18.7. The summed E-state index contributed by atoms with van der Waals surface area (Å²) in [5, 5.41) is 9.45. The van der Waals surface area contributed by atoms with Crippen molar-refractivity contribution in [3.8, 4) is 39.7 Å². The van der Waals surface area contributed by atoms with Gasteiger partial charge in [0.25, 0.3) is 0 Å². The predicted octanol–water partition coefficient (Wildman–Crippen LogP) is 5.02. The summed E-state index contributed by atoms with van der Waals surface area (Å²) in [6.45, 7) is 1.95. The molecule has 0 aliphatic rings. The molecule has 1 aromatic carbocycles. The Morgan fingerprint density at radius 2 is 1.82 bits per heavy atom. The number of halogens is 1. The highest BCUT2D eigenvalue weighted by Gasteiger charge is 2.16. The first kappa shape index (κ1) is 20.1. The zero-order chi connectivity index (χ0) is 23.4. The number of hydrogen-bond donors (Lipinski definition) is 2. The van der Waals surface area contributed by atoms with Crippen LogP contribution in [0.2, 0.25) is 0 Å². The predicted molar refractivity (Wildman–Crippen MR) is 128 cm³/mol. The highest BCUT2D eigenvalue weighted by molar-refractivity contribution is 6.01. The minimum absolute atomic E-state index is 0.370. The summed E-state index contributed by atoms with van der Waals surface area (Å²) in [6, 6.07) is 8.64. The number of rotatable bonds is 4. The second-order valence-corrected chi connectivity index (χ2v) is 8.15. The third-order valence-corrected chi connectivity index (χ3v) is 6.15. The lowest BCUT2D eigenvalue weighted by Gasteiger charge is -2.06. The number of fused-ring (bicyclic) bond motifs is 2. The van der Waals surface area contributed by atoms with Crippen LogP contribution in [0.1, 0.15) is 5.82 Å². The third-order valence-electron chi connectivity index (χ3n) is 6.15. The van der Waals surface area contributed by atoms with Crippen molar-refractivity contribution < 1.29 is 9.13 Å². The molecule has 6 aromatic rings. The van der Waals surface area contributed by atoms with E-state index in [0.29, 0.717) is 11.3 Å². The molecule has 0 aliphatic carbocycles. The normalized spacial score (nSPS) is 11.5. The van der Waals surface area contributed by atoms with E-state index in [0.717, 1.165) is 56.0 Å². The van der Waals surface area contributed by atoms with Gasteiger partial charge in [-0.2, -0.15) is 5.10 Å². The summed E-state index contributed by atoms with van der Waals surface area (Å²) in [7, 11) is 3.48. The number of pyridine rings is 2. The molecule has 0 spiro atoms. The maximum Gasteiger partial charge on any atom is 0.127 e. The molecule has 0 radical (unpaired) electrons. The highest BCUT2D eigenvalue weighted by atomic mass is 19.1. The van der Waals surface area contributed by atoms with E-state index in [-0.39, 0.29) is 5.82 Å². The average Bonchev–Trinajstić information content (AvgIpc) is 3.54. The molecule has 2 N–H and O–H groups in total. The minimum Gasteiger partial charge on any atom is -0.497 e. The lowest BCUT2D eigenvalue weighted by molar-refractivity contribution is 0.411. The number of H-pyrrole nitrogens is 2. The molecule has 0 saturated heterocycles. The van der Waals surface area contributed by atoms with Gasteiger partial charge < -0.3 is 14.3 Å². The molecular weight excluding hydrogens is 433 g/mol. The van der Waals surface area contributed by atoms with Gasteiger partial charge in [0.05, 0.1) is 53.8 Å². The van der Waals surface area contributed by atoms with Crippen LogP contribution < -0.4 is 4.74 Å². The van der Waals surface area contributed by atoms with Crippen molar-refractivity contribution in [1.29, 1.82) is 0 Å². The summed E-state index contributed by atoms with van der Waals surface area (Å²) in [4.78, 5) is 16.7. The van der Waals surface area contributed by atoms with Gasteiger partial charge in [0.15, 0.2) is 0 Å². The van der Waals surface area contributed by atoms with E-state index in [1.165, 1.54) is 19.2 Å². The van der Waals surface area contributed by atoms with Crippen molar-refractivity contribution in [2.75, 3.05) is 7.11 Å². The van der Waals surface area contributed by atoms with Crippen molar-refractivity contribution >= 4 is 21.8 Å². The Kier molecular flexibility index (Phi) is 4.44. The van der Waals surface area contributed by atoms with E-state index in [1.54, 1.807) is 24.7 Å². The van der Waals surface area contributed by atoms with Gasteiger partial charge >= 0.3 is 0 Å². The van der Waals surface area contributed by atoms with Crippen molar-refractivity contribution in [2.45, 2.75) is 6.92 Å². The van der Waals surface area contributed by atoms with Gasteiger partial charge in [-0.1, -0.05) is 0 Å². The number of nitrogens with zero attached hydrogens (tertiary/aromatic N) is 5. The molecule has 0 atom stereocenters. The van der Waals surface area contributed by atoms with E-state index in [2.05, 4.69) is 30.1 Å². The second kappa shape index (κ2) is 7.51. The number of nitrogens with one attached hydrogen (secondary N) is 2. The van der Waals surface area contributed by atoms with Crippen molar-refractivity contribution in [1.82, 2.24) is 34.7 Å². The van der Waals surface area contributed by atoms with Gasteiger partial charge in [-0.05, 0) is 36.8 Å². The zero-order valence-corrected chi connectivity index (χ0v) is 18.7. The van der Waals surface area contributed by atoms with E-state index in [4.69, 9.17) is 4.74 Å². The molecule has 0 fully saturated rings. The molecule has 6 rings (SSSR count). The van der Waals surface area contributed by atoms with Crippen LogP contribution in [-0.2, 0) is 7.05 Å². The minimum atomic E-state index is -0.370. The lowest BCUT2D eigenvalue weighted by atomic mass is 10.0. The molecule has 5 heterocycles. The van der Waals surface area contributed by atoms with E-state index < -0.39 is 0 Å².